The van der Waals surface area contributed by atoms with Crippen LogP contribution in [0.1, 0.15) is 11.3 Å². The van der Waals surface area contributed by atoms with E-state index in [2.05, 4.69) is 5.10 Å². The number of alkyl halides is 4. The van der Waals surface area contributed by atoms with Gasteiger partial charge in [-0.05, 0) is 35.9 Å². The van der Waals surface area contributed by atoms with Crippen LogP contribution in [0, 0.1) is 0 Å². The molecule has 0 saturated carbocycles. The van der Waals surface area contributed by atoms with Crippen molar-refractivity contribution in [3.05, 3.63) is 65.9 Å². The normalized spacial score (nSPS) is 12.3. The highest BCUT2D eigenvalue weighted by molar-refractivity contribution is 7.90. The third-order valence-electron chi connectivity index (χ3n) is 3.91. The van der Waals surface area contributed by atoms with Gasteiger partial charge < -0.3 is 0 Å². The van der Waals surface area contributed by atoms with Gasteiger partial charge in [-0.2, -0.15) is 18.3 Å². The Morgan fingerprint density at radius 3 is 2.07 bits per heavy atom. The van der Waals surface area contributed by atoms with Crippen molar-refractivity contribution in [2.24, 2.45) is 0 Å². The summed E-state index contributed by atoms with van der Waals surface area (Å²) in [5.41, 5.74) is 0.155. The van der Waals surface area contributed by atoms with Gasteiger partial charge in [0.2, 0.25) is 0 Å². The molecule has 0 amide bonds. The van der Waals surface area contributed by atoms with Crippen LogP contribution in [0.25, 0.3) is 16.9 Å². The van der Waals surface area contributed by atoms with Crippen LogP contribution in [-0.4, -0.2) is 24.5 Å². The Bertz CT molecular complexity index is 1050. The molecule has 2 aromatic carbocycles. The van der Waals surface area contributed by atoms with Crippen molar-refractivity contribution in [1.82, 2.24) is 9.78 Å². The molecular formula is C18H14F4N2O2S. The molecule has 0 saturated heterocycles. The summed E-state index contributed by atoms with van der Waals surface area (Å²) in [6.45, 7) is -0.680. The van der Waals surface area contributed by atoms with Crippen molar-refractivity contribution in [1.29, 1.82) is 0 Å². The number of rotatable bonds is 4. The first-order valence-corrected chi connectivity index (χ1v) is 9.62. The summed E-state index contributed by atoms with van der Waals surface area (Å²) in [6, 6.07) is 12.2. The molecule has 0 radical (unpaired) electrons. The molecule has 0 atom stereocenters. The Balaban J connectivity index is 2.14. The Morgan fingerprint density at radius 1 is 1.00 bits per heavy atom. The lowest BCUT2D eigenvalue weighted by molar-refractivity contribution is -0.141. The van der Waals surface area contributed by atoms with Crippen molar-refractivity contribution in [3.8, 4) is 16.9 Å². The molecule has 3 aromatic rings. The predicted octanol–water partition coefficient (Wildman–Crippen LogP) is 4.43. The van der Waals surface area contributed by atoms with E-state index in [0.717, 1.165) is 17.0 Å². The lowest BCUT2D eigenvalue weighted by Gasteiger charge is -2.09. The second-order valence-corrected chi connectivity index (χ2v) is 7.94. The molecule has 3 rings (SSSR count). The molecule has 0 spiro atoms. The minimum atomic E-state index is -4.65. The van der Waals surface area contributed by atoms with Crippen molar-refractivity contribution >= 4 is 9.84 Å². The van der Waals surface area contributed by atoms with Gasteiger partial charge in [0.15, 0.2) is 15.5 Å². The first kappa shape index (κ1) is 19.1. The molecule has 0 N–H and O–H groups in total. The zero-order valence-electron chi connectivity index (χ0n) is 14.0. The van der Waals surface area contributed by atoms with Crippen molar-refractivity contribution in [2.45, 2.75) is 17.7 Å². The van der Waals surface area contributed by atoms with Gasteiger partial charge in [0.25, 0.3) is 0 Å². The van der Waals surface area contributed by atoms with Crippen LogP contribution >= 0.6 is 0 Å². The molecule has 0 aliphatic carbocycles. The van der Waals surface area contributed by atoms with E-state index in [1.54, 1.807) is 0 Å². The molecule has 142 valence electrons. The zero-order chi connectivity index (χ0) is 19.8. The van der Waals surface area contributed by atoms with Crippen LogP contribution in [0.3, 0.4) is 0 Å². The van der Waals surface area contributed by atoms with Gasteiger partial charge in [0.05, 0.1) is 16.3 Å². The van der Waals surface area contributed by atoms with E-state index in [4.69, 9.17) is 0 Å². The maximum absolute atomic E-state index is 13.1. The number of aromatic nitrogens is 2. The summed E-state index contributed by atoms with van der Waals surface area (Å²) in [5, 5.41) is 3.63. The minimum Gasteiger partial charge on any atom is -0.246 e. The van der Waals surface area contributed by atoms with Gasteiger partial charge in [-0.3, -0.25) is 0 Å². The SMILES string of the molecule is CS(=O)(=O)c1ccc(-n2nc(C(F)(F)F)cc2-c2ccc(CF)cc2)cc1. The summed E-state index contributed by atoms with van der Waals surface area (Å²) in [5.74, 6) is 0. The molecule has 0 aliphatic rings. The summed E-state index contributed by atoms with van der Waals surface area (Å²) in [7, 11) is -3.43. The first-order valence-electron chi connectivity index (χ1n) is 7.72. The maximum atomic E-state index is 13.1. The second-order valence-electron chi connectivity index (χ2n) is 5.92. The number of hydrogen-bond donors (Lipinski definition) is 0. The van der Waals surface area contributed by atoms with E-state index in [1.807, 2.05) is 0 Å². The molecule has 4 nitrogen and oxygen atoms in total. The van der Waals surface area contributed by atoms with Gasteiger partial charge in [-0.25, -0.2) is 17.5 Å². The number of hydrogen-bond acceptors (Lipinski definition) is 3. The molecule has 9 heteroatoms. The third kappa shape index (κ3) is 4.02. The number of sulfone groups is 1. The van der Waals surface area contributed by atoms with Gasteiger partial charge >= 0.3 is 6.18 Å². The fraction of sp³-hybridized carbons (Fsp3) is 0.167. The van der Waals surface area contributed by atoms with Gasteiger partial charge in [-0.15, -0.1) is 0 Å². The summed E-state index contributed by atoms with van der Waals surface area (Å²) in [6.07, 6.45) is -3.61. The van der Waals surface area contributed by atoms with E-state index in [9.17, 15) is 26.0 Å². The topological polar surface area (TPSA) is 52.0 Å². The molecule has 0 aliphatic heterocycles. The molecule has 0 fully saturated rings. The minimum absolute atomic E-state index is 0.0447. The summed E-state index contributed by atoms with van der Waals surface area (Å²) < 4.78 is 76.3. The van der Waals surface area contributed by atoms with Crippen LogP contribution in [0.15, 0.2) is 59.5 Å². The Kier molecular flexibility index (Phi) is 4.81. The molecular weight excluding hydrogens is 384 g/mol. The van der Waals surface area contributed by atoms with E-state index in [0.29, 0.717) is 11.1 Å². The van der Waals surface area contributed by atoms with E-state index in [-0.39, 0.29) is 16.3 Å². The highest BCUT2D eigenvalue weighted by Gasteiger charge is 2.35. The van der Waals surface area contributed by atoms with Crippen LogP contribution in [-0.2, 0) is 22.7 Å². The number of halogens is 4. The third-order valence-corrected chi connectivity index (χ3v) is 5.04. The van der Waals surface area contributed by atoms with Crippen LogP contribution < -0.4 is 0 Å². The van der Waals surface area contributed by atoms with Crippen molar-refractivity contribution in [2.75, 3.05) is 6.26 Å². The van der Waals surface area contributed by atoms with Gasteiger partial charge in [0, 0.05) is 11.8 Å². The Morgan fingerprint density at radius 2 is 1.59 bits per heavy atom. The Hall–Kier alpha value is -2.68. The largest absolute Gasteiger partial charge is 0.435 e. The predicted molar refractivity (Wildman–Crippen MR) is 91.9 cm³/mol. The first-order chi connectivity index (χ1) is 12.6. The van der Waals surface area contributed by atoms with E-state index >= 15 is 0 Å². The number of benzene rings is 2. The van der Waals surface area contributed by atoms with E-state index in [1.165, 1.54) is 48.5 Å². The fourth-order valence-electron chi connectivity index (χ4n) is 2.52. The van der Waals surface area contributed by atoms with Gasteiger partial charge in [0.1, 0.15) is 6.67 Å². The Labute approximate surface area is 153 Å². The average molecular weight is 398 g/mol. The molecule has 0 unspecified atom stereocenters. The summed E-state index contributed by atoms with van der Waals surface area (Å²) >= 11 is 0. The highest BCUT2D eigenvalue weighted by Crippen LogP contribution is 2.33. The highest BCUT2D eigenvalue weighted by atomic mass is 32.2. The quantitative estimate of drug-likeness (QED) is 0.611. The standard InChI is InChI=1S/C18H14F4N2O2S/c1-27(25,26)15-8-6-14(7-9-15)24-16(10-17(23-24)18(20,21)22)13-4-2-12(11-19)3-5-13/h2-10H,11H2,1H3. The summed E-state index contributed by atoms with van der Waals surface area (Å²) in [4.78, 5) is 0.0447. The fourth-order valence-corrected chi connectivity index (χ4v) is 3.15. The molecule has 1 aromatic heterocycles. The molecule has 27 heavy (non-hydrogen) atoms. The van der Waals surface area contributed by atoms with Gasteiger partial charge in [-0.1, -0.05) is 24.3 Å². The lowest BCUT2D eigenvalue weighted by Crippen LogP contribution is -2.07. The van der Waals surface area contributed by atoms with Crippen molar-refractivity contribution in [3.63, 3.8) is 0 Å². The number of nitrogens with zero attached hydrogens (tertiary/aromatic N) is 2. The van der Waals surface area contributed by atoms with Crippen LogP contribution in [0.2, 0.25) is 0 Å². The van der Waals surface area contributed by atoms with E-state index < -0.39 is 28.4 Å². The lowest BCUT2D eigenvalue weighted by atomic mass is 10.1. The second kappa shape index (κ2) is 6.80. The van der Waals surface area contributed by atoms with Crippen molar-refractivity contribution < 1.29 is 26.0 Å². The molecule has 0 bridgehead atoms. The smallest absolute Gasteiger partial charge is 0.246 e. The molecule has 1 heterocycles. The van der Waals surface area contributed by atoms with Crippen LogP contribution in [0.4, 0.5) is 17.6 Å². The monoisotopic (exact) mass is 398 g/mol. The zero-order valence-corrected chi connectivity index (χ0v) is 14.9. The van der Waals surface area contributed by atoms with Crippen LogP contribution in [0.5, 0.6) is 0 Å². The average Bonchev–Trinajstić information content (AvgIpc) is 3.07. The maximum Gasteiger partial charge on any atom is 0.435 e.